The van der Waals surface area contributed by atoms with Crippen LogP contribution in [0.1, 0.15) is 25.7 Å². The van der Waals surface area contributed by atoms with Crippen LogP contribution >= 0.6 is 15.9 Å². The minimum absolute atomic E-state index is 0.118. The summed E-state index contributed by atoms with van der Waals surface area (Å²) in [4.78, 5) is -2.69. The van der Waals surface area contributed by atoms with Gasteiger partial charge in [0.05, 0.1) is 0 Å². The second-order valence-corrected chi connectivity index (χ2v) is 3.71. The molecule has 0 amide bonds. The first-order valence-electron chi connectivity index (χ1n) is 3.32. The lowest BCUT2D eigenvalue weighted by molar-refractivity contribution is 0.115. The molecule has 0 saturated heterocycles. The normalized spacial score (nSPS) is 19.3. The van der Waals surface area contributed by atoms with E-state index in [1.54, 1.807) is 0 Å². The average Bonchev–Trinajstić information content (AvgIpc) is 2.12. The van der Waals surface area contributed by atoms with Crippen molar-refractivity contribution in [2.45, 2.75) is 30.5 Å². The third-order valence-corrected chi connectivity index (χ3v) is 1.84. The van der Waals surface area contributed by atoms with Gasteiger partial charge in [-0.25, -0.2) is 0 Å². The lowest BCUT2D eigenvalue weighted by Crippen LogP contribution is -2.04. The zero-order valence-corrected chi connectivity index (χ0v) is 7.13. The maximum absolute atomic E-state index is 12.2. The summed E-state index contributed by atoms with van der Waals surface area (Å²) in [5.74, 6) is 0. The van der Waals surface area contributed by atoms with Gasteiger partial charge in [-0.2, -0.15) is 8.78 Å². The van der Waals surface area contributed by atoms with Gasteiger partial charge in [-0.05, 0) is 35.2 Å². The molecule has 0 N–H and O–H groups in total. The van der Waals surface area contributed by atoms with Gasteiger partial charge in [-0.1, -0.05) is 11.6 Å². The van der Waals surface area contributed by atoms with Crippen molar-refractivity contribution in [2.24, 2.45) is 0 Å². The predicted octanol–water partition coefficient (Wildman–Crippen LogP) is 3.47. The van der Waals surface area contributed by atoms with Crippen LogP contribution < -0.4 is 0 Å². The molecule has 0 unspecified atom stereocenters. The minimum atomic E-state index is -2.69. The monoisotopic (exact) mass is 210 g/mol. The summed E-state index contributed by atoms with van der Waals surface area (Å²) >= 11 is 2.31. The topological polar surface area (TPSA) is 0 Å². The van der Waals surface area contributed by atoms with Gasteiger partial charge in [0, 0.05) is 6.42 Å². The summed E-state index contributed by atoms with van der Waals surface area (Å²) < 4.78 is 24.5. The first-order valence-corrected chi connectivity index (χ1v) is 4.12. The van der Waals surface area contributed by atoms with Crippen molar-refractivity contribution >= 4 is 15.9 Å². The Labute approximate surface area is 67.4 Å². The third kappa shape index (κ3) is 2.78. The molecule has 0 heterocycles. The fraction of sp³-hybridized carbons (Fsp3) is 0.714. The SMILES string of the molecule is FC(F)(Br)CC1=CCCC1. The molecular formula is C7H9BrF2. The van der Waals surface area contributed by atoms with E-state index < -0.39 is 4.83 Å². The largest absolute Gasteiger partial charge is 0.305 e. The van der Waals surface area contributed by atoms with Gasteiger partial charge in [0.15, 0.2) is 0 Å². The molecular weight excluding hydrogens is 202 g/mol. The smallest absolute Gasteiger partial charge is 0.193 e. The van der Waals surface area contributed by atoms with Crippen LogP contribution in [0.4, 0.5) is 8.78 Å². The molecule has 0 saturated carbocycles. The highest BCUT2D eigenvalue weighted by atomic mass is 79.9. The summed E-state index contributed by atoms with van der Waals surface area (Å²) in [6, 6.07) is 0. The third-order valence-electron chi connectivity index (χ3n) is 1.56. The summed E-state index contributed by atoms with van der Waals surface area (Å²) in [5, 5.41) is 0. The van der Waals surface area contributed by atoms with Crippen molar-refractivity contribution in [3.05, 3.63) is 11.6 Å². The molecule has 3 heteroatoms. The van der Waals surface area contributed by atoms with Crippen LogP contribution in [0.15, 0.2) is 11.6 Å². The lowest BCUT2D eigenvalue weighted by atomic mass is 10.2. The van der Waals surface area contributed by atoms with Gasteiger partial charge < -0.3 is 0 Å². The fourth-order valence-corrected chi connectivity index (χ4v) is 1.52. The molecule has 0 aromatic carbocycles. The molecule has 0 aromatic rings. The minimum Gasteiger partial charge on any atom is -0.193 e. The quantitative estimate of drug-likeness (QED) is 0.484. The average molecular weight is 211 g/mol. The van der Waals surface area contributed by atoms with Gasteiger partial charge in [0.25, 0.3) is 0 Å². The fourth-order valence-electron chi connectivity index (χ4n) is 1.16. The number of halogens is 3. The highest BCUT2D eigenvalue weighted by Gasteiger charge is 2.25. The maximum Gasteiger partial charge on any atom is 0.305 e. The van der Waals surface area contributed by atoms with Crippen molar-refractivity contribution in [1.29, 1.82) is 0 Å². The van der Waals surface area contributed by atoms with E-state index in [1.165, 1.54) is 0 Å². The number of rotatable bonds is 2. The number of hydrogen-bond acceptors (Lipinski definition) is 0. The van der Waals surface area contributed by atoms with Crippen LogP contribution in [-0.2, 0) is 0 Å². The molecule has 0 aromatic heterocycles. The first kappa shape index (κ1) is 8.18. The molecule has 58 valence electrons. The van der Waals surface area contributed by atoms with Crippen LogP contribution in [0.5, 0.6) is 0 Å². The molecule has 0 atom stereocenters. The predicted molar refractivity (Wildman–Crippen MR) is 40.4 cm³/mol. The molecule has 0 aliphatic heterocycles. The van der Waals surface area contributed by atoms with E-state index in [0.29, 0.717) is 0 Å². The first-order chi connectivity index (χ1) is 4.58. The highest BCUT2D eigenvalue weighted by Crippen LogP contribution is 2.33. The summed E-state index contributed by atoms with van der Waals surface area (Å²) in [6.45, 7) is 0. The van der Waals surface area contributed by atoms with Crippen molar-refractivity contribution < 1.29 is 8.78 Å². The Balaban J connectivity index is 2.38. The molecule has 0 bridgehead atoms. The molecule has 1 aliphatic rings. The molecule has 0 fully saturated rings. The van der Waals surface area contributed by atoms with Crippen molar-refractivity contribution in [1.82, 2.24) is 0 Å². The molecule has 10 heavy (non-hydrogen) atoms. The highest BCUT2D eigenvalue weighted by molar-refractivity contribution is 9.10. The van der Waals surface area contributed by atoms with Gasteiger partial charge in [-0.3, -0.25) is 0 Å². The van der Waals surface area contributed by atoms with Crippen LogP contribution in [-0.4, -0.2) is 4.83 Å². The Hall–Kier alpha value is 0.0800. The van der Waals surface area contributed by atoms with E-state index >= 15 is 0 Å². The number of hydrogen-bond donors (Lipinski definition) is 0. The zero-order chi connectivity index (χ0) is 7.61. The van der Waals surface area contributed by atoms with E-state index in [0.717, 1.165) is 24.8 Å². The molecule has 0 nitrogen and oxygen atoms in total. The van der Waals surface area contributed by atoms with Crippen molar-refractivity contribution in [2.75, 3.05) is 0 Å². The Kier molecular flexibility index (Phi) is 2.45. The summed E-state index contributed by atoms with van der Waals surface area (Å²) in [7, 11) is 0. The second-order valence-electron chi connectivity index (χ2n) is 2.55. The van der Waals surface area contributed by atoms with E-state index in [1.807, 2.05) is 6.08 Å². The standard InChI is InChI=1S/C7H9BrF2/c8-7(9,10)5-6-3-1-2-4-6/h3H,1-2,4-5H2. The van der Waals surface area contributed by atoms with Gasteiger partial charge in [-0.15, -0.1) is 0 Å². The van der Waals surface area contributed by atoms with Crippen molar-refractivity contribution in [3.8, 4) is 0 Å². The van der Waals surface area contributed by atoms with Crippen LogP contribution in [0.2, 0.25) is 0 Å². The summed E-state index contributed by atoms with van der Waals surface area (Å²) in [6.07, 6.45) is 4.65. The Bertz CT molecular complexity index is 146. The molecule has 0 radical (unpaired) electrons. The molecule has 1 rings (SSSR count). The van der Waals surface area contributed by atoms with Gasteiger partial charge in [0.2, 0.25) is 0 Å². The number of alkyl halides is 3. The Morgan fingerprint density at radius 1 is 1.60 bits per heavy atom. The van der Waals surface area contributed by atoms with Crippen molar-refractivity contribution in [3.63, 3.8) is 0 Å². The maximum atomic E-state index is 12.2. The van der Waals surface area contributed by atoms with Gasteiger partial charge >= 0.3 is 4.83 Å². The molecule has 0 spiro atoms. The second kappa shape index (κ2) is 2.99. The lowest BCUT2D eigenvalue weighted by Gasteiger charge is -2.07. The Morgan fingerprint density at radius 3 is 2.70 bits per heavy atom. The van der Waals surface area contributed by atoms with Gasteiger partial charge in [0.1, 0.15) is 0 Å². The van der Waals surface area contributed by atoms with Crippen LogP contribution in [0.25, 0.3) is 0 Å². The van der Waals surface area contributed by atoms with E-state index in [2.05, 4.69) is 15.9 Å². The molecule has 1 aliphatic carbocycles. The Morgan fingerprint density at radius 2 is 2.30 bits per heavy atom. The summed E-state index contributed by atoms with van der Waals surface area (Å²) in [5.41, 5.74) is 0.891. The number of allylic oxidation sites excluding steroid dienone is 2. The van der Waals surface area contributed by atoms with E-state index in [9.17, 15) is 8.78 Å². The zero-order valence-electron chi connectivity index (χ0n) is 5.54. The van der Waals surface area contributed by atoms with E-state index in [-0.39, 0.29) is 6.42 Å². The van der Waals surface area contributed by atoms with E-state index in [4.69, 9.17) is 0 Å². The van der Waals surface area contributed by atoms with Crippen LogP contribution in [0.3, 0.4) is 0 Å². The van der Waals surface area contributed by atoms with Crippen LogP contribution in [0, 0.1) is 0 Å².